The first-order chi connectivity index (χ1) is 11.6. The average Bonchev–Trinajstić information content (AvgIpc) is 2.68. The summed E-state index contributed by atoms with van der Waals surface area (Å²) in [6.45, 7) is -1.21. The van der Waals surface area contributed by atoms with Crippen LogP contribution in [0.5, 0.6) is 0 Å². The van der Waals surface area contributed by atoms with E-state index in [2.05, 4.69) is 41.4 Å². The molecular formula is C19H22IrN2O3. The van der Waals surface area contributed by atoms with E-state index in [1.54, 1.807) is 0 Å². The van der Waals surface area contributed by atoms with Crippen LogP contribution in [0.15, 0.2) is 66.9 Å². The zero-order chi connectivity index (χ0) is 17.4. The summed E-state index contributed by atoms with van der Waals surface area (Å²) < 4.78 is 0. The van der Waals surface area contributed by atoms with E-state index in [4.69, 9.17) is 21.1 Å². The van der Waals surface area contributed by atoms with Gasteiger partial charge in [0.1, 0.15) is 0 Å². The van der Waals surface area contributed by atoms with Gasteiger partial charge in [-0.2, -0.15) is 0 Å². The molecule has 1 heterocycles. The molecule has 0 saturated carbocycles. The van der Waals surface area contributed by atoms with Crippen LogP contribution in [-0.4, -0.2) is 45.7 Å². The Morgan fingerprint density at radius 3 is 1.92 bits per heavy atom. The second-order valence-corrected chi connectivity index (χ2v) is 5.58. The molecule has 5 nitrogen and oxygen atoms in total. The fourth-order valence-corrected chi connectivity index (χ4v) is 2.10. The van der Waals surface area contributed by atoms with E-state index in [-0.39, 0.29) is 20.1 Å². The summed E-state index contributed by atoms with van der Waals surface area (Å²) in [6, 6.07) is 20.7. The number of aliphatic hydroxyl groups is 3. The minimum atomic E-state index is -1.21. The van der Waals surface area contributed by atoms with E-state index in [0.29, 0.717) is 0 Å². The molecule has 3 aromatic rings. The number of nitrogens with two attached hydrogens (primary N) is 1. The summed E-state index contributed by atoms with van der Waals surface area (Å²) >= 11 is 0. The van der Waals surface area contributed by atoms with E-state index in [0.717, 1.165) is 5.69 Å². The van der Waals surface area contributed by atoms with Crippen molar-refractivity contribution in [1.82, 2.24) is 4.98 Å². The van der Waals surface area contributed by atoms with Gasteiger partial charge in [-0.1, -0.05) is 54.6 Å². The van der Waals surface area contributed by atoms with Crippen LogP contribution in [0.3, 0.4) is 0 Å². The topological polar surface area (TPSA) is 99.6 Å². The third kappa shape index (κ3) is 5.68. The van der Waals surface area contributed by atoms with Crippen molar-refractivity contribution in [2.75, 3.05) is 19.8 Å². The van der Waals surface area contributed by atoms with Crippen molar-refractivity contribution in [2.45, 2.75) is 5.54 Å². The summed E-state index contributed by atoms with van der Waals surface area (Å²) in [6.07, 6.45) is 1.87. The van der Waals surface area contributed by atoms with Crippen LogP contribution in [0.4, 0.5) is 0 Å². The molecule has 0 bridgehead atoms. The zero-order valence-corrected chi connectivity index (χ0v) is 16.1. The van der Waals surface area contributed by atoms with Crippen molar-refractivity contribution < 1.29 is 35.4 Å². The third-order valence-corrected chi connectivity index (χ3v) is 3.67. The number of aromatic nitrogens is 1. The number of nitrogens with zero attached hydrogens (tertiary/aromatic N) is 1. The quantitative estimate of drug-likeness (QED) is 0.420. The Morgan fingerprint density at radius 2 is 1.36 bits per heavy atom. The zero-order valence-electron chi connectivity index (χ0n) is 13.7. The standard InChI is InChI=1S/C15H11N.C4H11NO3.Ir/c1-2-7-13(8-3-1)15-14-9-5-4-6-12(14)10-11-16-15;5-4(1-6,2-7)3-8;/h1-11H;6-8H,1-3,5H2;. The van der Waals surface area contributed by atoms with Crippen LogP contribution in [0.2, 0.25) is 0 Å². The minimum Gasteiger partial charge on any atom is -0.394 e. The Bertz CT molecular complexity index is 751. The van der Waals surface area contributed by atoms with Crippen molar-refractivity contribution in [3.8, 4) is 11.3 Å². The number of hydrogen-bond acceptors (Lipinski definition) is 5. The molecule has 0 aliphatic carbocycles. The predicted molar refractivity (Wildman–Crippen MR) is 95.4 cm³/mol. The SMILES string of the molecule is NC(CO)(CO)CO.[Ir].c1ccc(-c2nccc3ccccc23)cc1. The maximum absolute atomic E-state index is 8.34. The molecule has 0 aliphatic heterocycles. The molecule has 135 valence electrons. The number of rotatable bonds is 4. The molecule has 0 unspecified atom stereocenters. The van der Waals surface area contributed by atoms with Crippen LogP contribution in [0.25, 0.3) is 22.0 Å². The molecule has 0 aliphatic rings. The van der Waals surface area contributed by atoms with E-state index >= 15 is 0 Å². The van der Waals surface area contributed by atoms with Crippen LogP contribution in [0.1, 0.15) is 0 Å². The van der Waals surface area contributed by atoms with Gasteiger partial charge < -0.3 is 21.1 Å². The van der Waals surface area contributed by atoms with Crippen LogP contribution in [-0.2, 0) is 20.1 Å². The van der Waals surface area contributed by atoms with E-state index < -0.39 is 25.4 Å². The monoisotopic (exact) mass is 519 g/mol. The Balaban J connectivity index is 0.000000301. The van der Waals surface area contributed by atoms with Gasteiger partial charge in [0.15, 0.2) is 0 Å². The Labute approximate surface area is 160 Å². The maximum Gasteiger partial charge on any atom is 0.0856 e. The molecule has 1 radical (unpaired) electrons. The van der Waals surface area contributed by atoms with Gasteiger partial charge in [0.05, 0.1) is 31.1 Å². The summed E-state index contributed by atoms with van der Waals surface area (Å²) in [5.41, 5.74) is 6.16. The molecule has 0 fully saturated rings. The summed E-state index contributed by atoms with van der Waals surface area (Å²) in [5.74, 6) is 0. The summed E-state index contributed by atoms with van der Waals surface area (Å²) in [7, 11) is 0. The van der Waals surface area contributed by atoms with E-state index in [1.807, 2.05) is 30.5 Å². The fourth-order valence-electron chi connectivity index (χ4n) is 2.10. The molecule has 3 rings (SSSR count). The minimum absolute atomic E-state index is 0. The molecule has 1 aromatic heterocycles. The Morgan fingerprint density at radius 1 is 0.800 bits per heavy atom. The second kappa shape index (κ2) is 10.4. The molecule has 0 atom stereocenters. The van der Waals surface area contributed by atoms with Crippen molar-refractivity contribution in [1.29, 1.82) is 0 Å². The first-order valence-corrected chi connectivity index (χ1v) is 7.64. The van der Waals surface area contributed by atoms with E-state index in [1.165, 1.54) is 16.3 Å². The van der Waals surface area contributed by atoms with Crippen molar-refractivity contribution in [3.05, 3.63) is 66.9 Å². The average molecular weight is 519 g/mol. The van der Waals surface area contributed by atoms with Crippen molar-refractivity contribution in [2.24, 2.45) is 5.73 Å². The van der Waals surface area contributed by atoms with Gasteiger partial charge in [0.2, 0.25) is 0 Å². The van der Waals surface area contributed by atoms with Crippen LogP contribution >= 0.6 is 0 Å². The number of benzene rings is 2. The second-order valence-electron chi connectivity index (χ2n) is 5.58. The molecule has 6 heteroatoms. The largest absolute Gasteiger partial charge is 0.394 e. The van der Waals surface area contributed by atoms with Gasteiger partial charge in [0, 0.05) is 37.3 Å². The Hall–Kier alpha value is -1.66. The van der Waals surface area contributed by atoms with Crippen LogP contribution < -0.4 is 5.73 Å². The van der Waals surface area contributed by atoms with Gasteiger partial charge in [-0.3, -0.25) is 4.98 Å². The normalized spacial score (nSPS) is 10.6. The fraction of sp³-hybridized carbons (Fsp3) is 0.211. The smallest absolute Gasteiger partial charge is 0.0856 e. The van der Waals surface area contributed by atoms with Gasteiger partial charge in [-0.15, -0.1) is 0 Å². The van der Waals surface area contributed by atoms with Gasteiger partial charge in [-0.05, 0) is 11.5 Å². The van der Waals surface area contributed by atoms with Crippen molar-refractivity contribution in [3.63, 3.8) is 0 Å². The number of fused-ring (bicyclic) bond motifs is 1. The summed E-state index contributed by atoms with van der Waals surface area (Å²) in [5, 5.41) is 27.5. The predicted octanol–water partition coefficient (Wildman–Crippen LogP) is 1.56. The van der Waals surface area contributed by atoms with Crippen molar-refractivity contribution >= 4 is 10.8 Å². The first kappa shape index (κ1) is 21.4. The third-order valence-electron chi connectivity index (χ3n) is 3.67. The first-order valence-electron chi connectivity index (χ1n) is 7.64. The molecular weight excluding hydrogens is 496 g/mol. The van der Waals surface area contributed by atoms with Gasteiger partial charge in [0.25, 0.3) is 0 Å². The molecule has 2 aromatic carbocycles. The number of aliphatic hydroxyl groups excluding tert-OH is 3. The molecule has 5 N–H and O–H groups in total. The molecule has 0 saturated heterocycles. The molecule has 0 amide bonds. The van der Waals surface area contributed by atoms with Crippen LogP contribution in [0, 0.1) is 0 Å². The van der Waals surface area contributed by atoms with Gasteiger partial charge in [-0.25, -0.2) is 0 Å². The number of hydrogen-bond donors (Lipinski definition) is 4. The number of pyridine rings is 1. The van der Waals surface area contributed by atoms with E-state index in [9.17, 15) is 0 Å². The van der Waals surface area contributed by atoms with Gasteiger partial charge >= 0.3 is 0 Å². The summed E-state index contributed by atoms with van der Waals surface area (Å²) in [4.78, 5) is 4.48. The molecule has 25 heavy (non-hydrogen) atoms. The molecule has 0 spiro atoms. The Kier molecular flexibility index (Phi) is 8.86. The maximum atomic E-state index is 8.34.